The minimum absolute atomic E-state index is 0.222. The average molecular weight is 332 g/mol. The lowest BCUT2D eigenvalue weighted by molar-refractivity contribution is -0.274. The summed E-state index contributed by atoms with van der Waals surface area (Å²) in [4.78, 5) is 0. The molecule has 0 aliphatic heterocycles. The van der Waals surface area contributed by atoms with E-state index in [1.165, 1.54) is 18.2 Å². The van der Waals surface area contributed by atoms with Crippen LogP contribution in [0.2, 0.25) is 0 Å². The fourth-order valence-corrected chi connectivity index (χ4v) is 2.75. The zero-order valence-corrected chi connectivity index (χ0v) is 11.9. The summed E-state index contributed by atoms with van der Waals surface area (Å²) >= 11 is 5.43. The van der Waals surface area contributed by atoms with Gasteiger partial charge in [0.15, 0.2) is 5.75 Å². The molecule has 9 heteroatoms. The molecule has 4 nitrogen and oxygen atoms in total. The number of nitrogens with one attached hydrogen (secondary N) is 1. The number of alkyl halides is 4. The van der Waals surface area contributed by atoms with Gasteiger partial charge < -0.3 is 4.74 Å². The Balaban J connectivity index is 2.81. The molecule has 1 N–H and O–H groups in total. The van der Waals surface area contributed by atoms with E-state index in [4.69, 9.17) is 11.6 Å². The molecule has 0 radical (unpaired) electrons. The summed E-state index contributed by atoms with van der Waals surface area (Å²) in [5.41, 5.74) is -0.254. The highest BCUT2D eigenvalue weighted by atomic mass is 35.5. The lowest BCUT2D eigenvalue weighted by Crippen LogP contribution is -2.21. The van der Waals surface area contributed by atoms with Crippen LogP contribution in [0.25, 0.3) is 0 Å². The van der Waals surface area contributed by atoms with Gasteiger partial charge in [0.2, 0.25) is 10.0 Å². The van der Waals surface area contributed by atoms with Crippen LogP contribution >= 0.6 is 11.6 Å². The molecule has 0 saturated carbocycles. The molecule has 114 valence electrons. The van der Waals surface area contributed by atoms with E-state index in [1.807, 2.05) is 0 Å². The summed E-state index contributed by atoms with van der Waals surface area (Å²) in [5.74, 6) is -0.496. The van der Waals surface area contributed by atoms with Gasteiger partial charge in [-0.05, 0) is 25.0 Å². The molecule has 0 unspecified atom stereocenters. The molecule has 0 heterocycles. The Kier molecular flexibility index (Phi) is 5.94. The first-order valence-electron chi connectivity index (χ1n) is 5.65. The van der Waals surface area contributed by atoms with Gasteiger partial charge in [-0.1, -0.05) is 12.1 Å². The lowest BCUT2D eigenvalue weighted by atomic mass is 10.3. The summed E-state index contributed by atoms with van der Waals surface area (Å²) in [6.07, 6.45) is -4.07. The first kappa shape index (κ1) is 16.9. The summed E-state index contributed by atoms with van der Waals surface area (Å²) in [7, 11) is -3.74. The van der Waals surface area contributed by atoms with E-state index in [2.05, 4.69) is 9.46 Å². The van der Waals surface area contributed by atoms with Gasteiger partial charge in [0, 0.05) is 5.88 Å². The number of ether oxygens (including phenoxy) is 1. The predicted octanol–water partition coefficient (Wildman–Crippen LogP) is 3.35. The Morgan fingerprint density at radius 1 is 1.20 bits per heavy atom. The van der Waals surface area contributed by atoms with Gasteiger partial charge in [0.1, 0.15) is 0 Å². The van der Waals surface area contributed by atoms with Crippen molar-refractivity contribution in [3.8, 4) is 5.75 Å². The standard InChI is InChI=1S/C11H13ClF3NO3S/c12-7-3-4-8-20(17,18)16-9-5-1-2-6-10(9)19-11(13,14)15/h1-2,5-6,16H,3-4,7-8H2. The van der Waals surface area contributed by atoms with Crippen molar-refractivity contribution in [2.45, 2.75) is 19.2 Å². The van der Waals surface area contributed by atoms with Crippen molar-refractivity contribution < 1.29 is 26.3 Å². The van der Waals surface area contributed by atoms with Gasteiger partial charge in [-0.2, -0.15) is 0 Å². The zero-order valence-electron chi connectivity index (χ0n) is 10.3. The van der Waals surface area contributed by atoms with Gasteiger partial charge in [0.05, 0.1) is 11.4 Å². The maximum absolute atomic E-state index is 12.2. The molecule has 0 atom stereocenters. The fraction of sp³-hybridized carbons (Fsp3) is 0.455. The van der Waals surface area contributed by atoms with E-state index in [9.17, 15) is 21.6 Å². The van der Waals surface area contributed by atoms with Gasteiger partial charge in [-0.25, -0.2) is 8.42 Å². The summed E-state index contributed by atoms with van der Waals surface area (Å²) in [5, 5.41) is 0. The van der Waals surface area contributed by atoms with Crippen molar-refractivity contribution in [1.82, 2.24) is 0 Å². The van der Waals surface area contributed by atoms with Crippen LogP contribution in [0.4, 0.5) is 18.9 Å². The van der Waals surface area contributed by atoms with Crippen molar-refractivity contribution in [3.63, 3.8) is 0 Å². The quantitative estimate of drug-likeness (QED) is 0.616. The number of anilines is 1. The van der Waals surface area contributed by atoms with E-state index in [-0.39, 0.29) is 11.4 Å². The minimum atomic E-state index is -4.89. The van der Waals surface area contributed by atoms with Crippen molar-refractivity contribution in [3.05, 3.63) is 24.3 Å². The van der Waals surface area contributed by atoms with Crippen LogP contribution in [-0.2, 0) is 10.0 Å². The Hall–Kier alpha value is -1.15. The second kappa shape index (κ2) is 7.03. The molecule has 1 aromatic carbocycles. The van der Waals surface area contributed by atoms with Crippen molar-refractivity contribution in [1.29, 1.82) is 0 Å². The third-order valence-corrected chi connectivity index (χ3v) is 3.80. The number of benzene rings is 1. The Morgan fingerprint density at radius 2 is 1.85 bits per heavy atom. The highest BCUT2D eigenvalue weighted by Crippen LogP contribution is 2.30. The molecule has 0 aromatic heterocycles. The molecule has 1 rings (SSSR count). The third kappa shape index (κ3) is 6.33. The first-order valence-corrected chi connectivity index (χ1v) is 7.83. The fourth-order valence-electron chi connectivity index (χ4n) is 1.37. The Labute approximate surface area is 119 Å². The van der Waals surface area contributed by atoms with Crippen LogP contribution in [0.5, 0.6) is 5.75 Å². The Bertz CT molecular complexity index is 534. The first-order chi connectivity index (χ1) is 9.23. The molecule has 0 saturated heterocycles. The highest BCUT2D eigenvalue weighted by Gasteiger charge is 2.32. The topological polar surface area (TPSA) is 55.4 Å². The largest absolute Gasteiger partial charge is 0.573 e. The normalized spacial score (nSPS) is 12.2. The van der Waals surface area contributed by atoms with Gasteiger partial charge in [-0.15, -0.1) is 24.8 Å². The average Bonchev–Trinajstić information content (AvgIpc) is 2.30. The van der Waals surface area contributed by atoms with Gasteiger partial charge in [-0.3, -0.25) is 4.72 Å². The van der Waals surface area contributed by atoms with Crippen LogP contribution in [-0.4, -0.2) is 26.4 Å². The van der Waals surface area contributed by atoms with Gasteiger partial charge >= 0.3 is 6.36 Å². The highest BCUT2D eigenvalue weighted by molar-refractivity contribution is 7.92. The van der Waals surface area contributed by atoms with Crippen LogP contribution in [0.15, 0.2) is 24.3 Å². The molecular weight excluding hydrogens is 319 g/mol. The maximum atomic E-state index is 12.2. The van der Waals surface area contributed by atoms with E-state index >= 15 is 0 Å². The minimum Gasteiger partial charge on any atom is -0.404 e. The molecule has 1 aromatic rings. The summed E-state index contributed by atoms with van der Waals surface area (Å²) < 4.78 is 65.8. The number of unbranched alkanes of at least 4 members (excludes halogenated alkanes) is 1. The maximum Gasteiger partial charge on any atom is 0.573 e. The van der Waals surface area contributed by atoms with Crippen molar-refractivity contribution >= 4 is 27.3 Å². The summed E-state index contributed by atoms with van der Waals surface area (Å²) in [6.45, 7) is 0. The van der Waals surface area contributed by atoms with Crippen LogP contribution < -0.4 is 9.46 Å². The van der Waals surface area contributed by atoms with E-state index in [1.54, 1.807) is 0 Å². The number of hydrogen-bond donors (Lipinski definition) is 1. The summed E-state index contributed by atoms with van der Waals surface area (Å²) in [6, 6.07) is 4.94. The van der Waals surface area contributed by atoms with Crippen LogP contribution in [0.1, 0.15) is 12.8 Å². The second-order valence-corrected chi connectivity index (χ2v) is 6.08. The van der Waals surface area contributed by atoms with E-state index < -0.39 is 22.1 Å². The van der Waals surface area contributed by atoms with E-state index in [0.717, 1.165) is 6.07 Å². The zero-order chi connectivity index (χ0) is 15.2. The van der Waals surface area contributed by atoms with Crippen LogP contribution in [0, 0.1) is 0 Å². The van der Waals surface area contributed by atoms with Crippen molar-refractivity contribution in [2.75, 3.05) is 16.4 Å². The molecule has 0 aliphatic carbocycles. The number of rotatable bonds is 7. The Morgan fingerprint density at radius 3 is 2.45 bits per heavy atom. The molecule has 0 bridgehead atoms. The lowest BCUT2D eigenvalue weighted by Gasteiger charge is -2.14. The SMILES string of the molecule is O=S(=O)(CCCCCl)Nc1ccccc1OC(F)(F)F. The number of para-hydroxylation sites is 2. The number of sulfonamides is 1. The monoisotopic (exact) mass is 331 g/mol. The van der Waals surface area contributed by atoms with Crippen molar-refractivity contribution in [2.24, 2.45) is 0 Å². The molecular formula is C11H13ClF3NO3S. The predicted molar refractivity (Wildman–Crippen MR) is 70.5 cm³/mol. The van der Waals surface area contributed by atoms with E-state index in [0.29, 0.717) is 18.7 Å². The number of hydrogen-bond acceptors (Lipinski definition) is 3. The molecule has 0 fully saturated rings. The third-order valence-electron chi connectivity index (χ3n) is 2.17. The second-order valence-electron chi connectivity index (χ2n) is 3.86. The van der Waals surface area contributed by atoms with Crippen LogP contribution in [0.3, 0.4) is 0 Å². The molecule has 0 spiro atoms. The smallest absolute Gasteiger partial charge is 0.404 e. The molecule has 20 heavy (non-hydrogen) atoms. The van der Waals surface area contributed by atoms with Gasteiger partial charge in [0.25, 0.3) is 0 Å². The molecule has 0 amide bonds. The number of halogens is 4. The molecule has 0 aliphatic rings.